The fourth-order valence-electron chi connectivity index (χ4n) is 0.681. The molecule has 1 aromatic heterocycles. The highest BCUT2D eigenvalue weighted by molar-refractivity contribution is 5.83. The quantitative estimate of drug-likeness (QED) is 0.490. The number of carbonyl (C=O) groups excluding carboxylic acids is 1. The van der Waals surface area contributed by atoms with Crippen LogP contribution in [0.15, 0.2) is 36.5 Å². The number of aromatic nitrogens is 1. The standard InChI is InChI=1S/C9H9NO2/c1-2-5-9(11)12-8-6-3-4-7-10-8/h2-7H,1H3. The van der Waals surface area contributed by atoms with Crippen LogP contribution in [0.3, 0.4) is 0 Å². The molecule has 0 fully saturated rings. The first-order valence-corrected chi connectivity index (χ1v) is 3.58. The molecule has 0 N–H and O–H groups in total. The van der Waals surface area contributed by atoms with Crippen molar-refractivity contribution in [3.8, 4) is 5.88 Å². The summed E-state index contributed by atoms with van der Waals surface area (Å²) in [6.45, 7) is 1.75. The molecule has 0 bridgehead atoms. The summed E-state index contributed by atoms with van der Waals surface area (Å²) in [4.78, 5) is 14.7. The smallest absolute Gasteiger partial charge is 0.337 e. The van der Waals surface area contributed by atoms with E-state index in [1.807, 2.05) is 0 Å². The number of rotatable bonds is 2. The molecule has 12 heavy (non-hydrogen) atoms. The molecule has 0 amide bonds. The number of hydrogen-bond acceptors (Lipinski definition) is 3. The van der Waals surface area contributed by atoms with E-state index in [1.165, 1.54) is 6.08 Å². The van der Waals surface area contributed by atoms with Gasteiger partial charge in [0.1, 0.15) is 0 Å². The van der Waals surface area contributed by atoms with Crippen LogP contribution in [0.25, 0.3) is 0 Å². The summed E-state index contributed by atoms with van der Waals surface area (Å²) in [6, 6.07) is 5.14. The molecule has 1 aromatic rings. The van der Waals surface area contributed by atoms with Crippen LogP contribution < -0.4 is 4.74 Å². The fourth-order valence-corrected chi connectivity index (χ4v) is 0.681. The summed E-state index contributed by atoms with van der Waals surface area (Å²) in [6.07, 6.45) is 4.53. The van der Waals surface area contributed by atoms with Crippen molar-refractivity contribution in [3.63, 3.8) is 0 Å². The number of carbonyl (C=O) groups is 1. The van der Waals surface area contributed by atoms with E-state index >= 15 is 0 Å². The van der Waals surface area contributed by atoms with Crippen LogP contribution in [0.5, 0.6) is 5.88 Å². The number of ether oxygens (including phenoxy) is 1. The molecule has 0 saturated carbocycles. The summed E-state index contributed by atoms with van der Waals surface area (Å²) in [5.41, 5.74) is 0. The van der Waals surface area contributed by atoms with Crippen molar-refractivity contribution in [2.45, 2.75) is 6.92 Å². The molecular formula is C9H9NO2. The molecule has 0 aliphatic heterocycles. The lowest BCUT2D eigenvalue weighted by molar-refractivity contribution is -0.129. The Morgan fingerprint density at radius 1 is 1.58 bits per heavy atom. The van der Waals surface area contributed by atoms with E-state index in [1.54, 1.807) is 37.4 Å². The van der Waals surface area contributed by atoms with Crippen molar-refractivity contribution in [2.75, 3.05) is 0 Å². The van der Waals surface area contributed by atoms with Crippen molar-refractivity contribution >= 4 is 5.97 Å². The average Bonchev–Trinajstić information content (AvgIpc) is 2.06. The third kappa shape index (κ3) is 2.54. The molecule has 3 heteroatoms. The largest absolute Gasteiger partial charge is 0.404 e. The Labute approximate surface area is 70.7 Å². The molecule has 0 atom stereocenters. The molecule has 0 saturated heterocycles. The van der Waals surface area contributed by atoms with Crippen LogP contribution in [-0.2, 0) is 4.79 Å². The Balaban J connectivity index is 2.59. The minimum Gasteiger partial charge on any atom is -0.404 e. The van der Waals surface area contributed by atoms with E-state index < -0.39 is 5.97 Å². The summed E-state index contributed by atoms with van der Waals surface area (Å²) in [5, 5.41) is 0. The van der Waals surface area contributed by atoms with Gasteiger partial charge in [-0.15, -0.1) is 0 Å². The topological polar surface area (TPSA) is 39.2 Å². The van der Waals surface area contributed by atoms with E-state index in [-0.39, 0.29) is 0 Å². The van der Waals surface area contributed by atoms with Crippen LogP contribution >= 0.6 is 0 Å². The molecule has 0 aliphatic rings. The zero-order chi connectivity index (χ0) is 8.81. The van der Waals surface area contributed by atoms with Crippen LogP contribution in [0.4, 0.5) is 0 Å². The first-order valence-electron chi connectivity index (χ1n) is 3.58. The lowest BCUT2D eigenvalue weighted by Gasteiger charge is -1.97. The molecule has 0 radical (unpaired) electrons. The van der Waals surface area contributed by atoms with Crippen LogP contribution in [0.1, 0.15) is 6.92 Å². The lowest BCUT2D eigenvalue weighted by Crippen LogP contribution is -2.04. The van der Waals surface area contributed by atoms with Gasteiger partial charge in [0.25, 0.3) is 0 Å². The number of hydrogen-bond donors (Lipinski definition) is 0. The number of allylic oxidation sites excluding steroid dienone is 1. The van der Waals surface area contributed by atoms with Gasteiger partial charge in [-0.2, -0.15) is 0 Å². The summed E-state index contributed by atoms with van der Waals surface area (Å²) < 4.78 is 4.82. The average molecular weight is 163 g/mol. The van der Waals surface area contributed by atoms with Gasteiger partial charge < -0.3 is 4.74 Å². The third-order valence-electron chi connectivity index (χ3n) is 1.15. The molecule has 1 rings (SSSR count). The molecular weight excluding hydrogens is 154 g/mol. The summed E-state index contributed by atoms with van der Waals surface area (Å²) >= 11 is 0. The van der Waals surface area contributed by atoms with Crippen molar-refractivity contribution in [3.05, 3.63) is 36.5 Å². The first-order chi connectivity index (χ1) is 5.83. The van der Waals surface area contributed by atoms with Gasteiger partial charge in [0.15, 0.2) is 0 Å². The van der Waals surface area contributed by atoms with E-state index in [0.29, 0.717) is 5.88 Å². The second-order valence-corrected chi connectivity index (χ2v) is 2.09. The molecule has 0 unspecified atom stereocenters. The van der Waals surface area contributed by atoms with Crippen LogP contribution in [-0.4, -0.2) is 11.0 Å². The maximum Gasteiger partial charge on any atom is 0.337 e. The predicted octanol–water partition coefficient (Wildman–Crippen LogP) is 1.56. The molecule has 1 heterocycles. The van der Waals surface area contributed by atoms with Crippen molar-refractivity contribution in [1.82, 2.24) is 4.98 Å². The Morgan fingerprint density at radius 2 is 2.42 bits per heavy atom. The molecule has 3 nitrogen and oxygen atoms in total. The van der Waals surface area contributed by atoms with Gasteiger partial charge in [-0.25, -0.2) is 9.78 Å². The van der Waals surface area contributed by atoms with Gasteiger partial charge >= 0.3 is 5.97 Å². The second-order valence-electron chi connectivity index (χ2n) is 2.09. The predicted molar refractivity (Wildman–Crippen MR) is 44.7 cm³/mol. The number of nitrogens with zero attached hydrogens (tertiary/aromatic N) is 1. The van der Waals surface area contributed by atoms with Crippen molar-refractivity contribution < 1.29 is 9.53 Å². The fraction of sp³-hybridized carbons (Fsp3) is 0.111. The van der Waals surface area contributed by atoms with Gasteiger partial charge in [-0.1, -0.05) is 12.1 Å². The third-order valence-corrected chi connectivity index (χ3v) is 1.15. The molecule has 0 spiro atoms. The van der Waals surface area contributed by atoms with Gasteiger partial charge in [0.2, 0.25) is 5.88 Å². The Bertz CT molecular complexity index is 280. The second kappa shape index (κ2) is 4.28. The SMILES string of the molecule is CC=CC(=O)Oc1ccccn1. The van der Waals surface area contributed by atoms with Crippen molar-refractivity contribution in [1.29, 1.82) is 0 Å². The van der Waals surface area contributed by atoms with Crippen LogP contribution in [0.2, 0.25) is 0 Å². The van der Waals surface area contributed by atoms with Crippen LogP contribution in [0, 0.1) is 0 Å². The highest BCUT2D eigenvalue weighted by Crippen LogP contribution is 2.03. The molecule has 0 aliphatic carbocycles. The van der Waals surface area contributed by atoms with Crippen molar-refractivity contribution in [2.24, 2.45) is 0 Å². The number of esters is 1. The van der Waals surface area contributed by atoms with Gasteiger partial charge in [-0.3, -0.25) is 0 Å². The Hall–Kier alpha value is -1.64. The Kier molecular flexibility index (Phi) is 3.02. The summed E-state index contributed by atoms with van der Waals surface area (Å²) in [5.74, 6) is -0.0863. The Morgan fingerprint density at radius 3 is 3.00 bits per heavy atom. The zero-order valence-corrected chi connectivity index (χ0v) is 6.73. The normalized spacial score (nSPS) is 10.1. The van der Waals surface area contributed by atoms with E-state index in [9.17, 15) is 4.79 Å². The highest BCUT2D eigenvalue weighted by Gasteiger charge is 1.98. The first kappa shape index (κ1) is 8.46. The minimum atomic E-state index is -0.406. The minimum absolute atomic E-state index is 0.320. The van der Waals surface area contributed by atoms with Gasteiger partial charge in [0, 0.05) is 18.3 Å². The number of pyridine rings is 1. The maximum absolute atomic E-state index is 10.9. The zero-order valence-electron chi connectivity index (χ0n) is 6.73. The lowest BCUT2D eigenvalue weighted by atomic mass is 10.5. The van der Waals surface area contributed by atoms with E-state index in [2.05, 4.69) is 4.98 Å². The van der Waals surface area contributed by atoms with E-state index in [0.717, 1.165) is 0 Å². The molecule has 0 aromatic carbocycles. The molecule has 62 valence electrons. The van der Waals surface area contributed by atoms with Gasteiger partial charge in [0.05, 0.1) is 0 Å². The monoisotopic (exact) mass is 163 g/mol. The van der Waals surface area contributed by atoms with Gasteiger partial charge in [-0.05, 0) is 13.0 Å². The highest BCUT2D eigenvalue weighted by atomic mass is 16.5. The maximum atomic E-state index is 10.9. The summed E-state index contributed by atoms with van der Waals surface area (Å²) in [7, 11) is 0. The van der Waals surface area contributed by atoms with E-state index in [4.69, 9.17) is 4.74 Å².